The lowest BCUT2D eigenvalue weighted by Gasteiger charge is -2.12. The first-order valence-electron chi connectivity index (χ1n) is 4.39. The van der Waals surface area contributed by atoms with Crippen LogP contribution in [0.15, 0.2) is 28.7 Å². The Labute approximate surface area is 90.6 Å². The summed E-state index contributed by atoms with van der Waals surface area (Å²) in [6, 6.07) is 7.81. The molecule has 1 N–H and O–H groups in total. The first kappa shape index (κ1) is 9.52. The summed E-state index contributed by atoms with van der Waals surface area (Å²) >= 11 is 3.38. The van der Waals surface area contributed by atoms with Crippen LogP contribution >= 0.6 is 15.9 Å². The zero-order valence-electron chi connectivity index (χ0n) is 7.66. The quantitative estimate of drug-likeness (QED) is 0.838. The van der Waals surface area contributed by atoms with E-state index in [-0.39, 0.29) is 18.2 Å². The summed E-state index contributed by atoms with van der Waals surface area (Å²) in [6.45, 7) is 1.93. The minimum atomic E-state index is -0.345. The number of nitrogens with one attached hydrogen (secondary N) is 1. The van der Waals surface area contributed by atoms with Crippen LogP contribution in [0.25, 0.3) is 0 Å². The van der Waals surface area contributed by atoms with Crippen molar-refractivity contribution >= 4 is 22.0 Å². The van der Waals surface area contributed by atoms with Crippen molar-refractivity contribution in [2.24, 2.45) is 0 Å². The van der Waals surface area contributed by atoms with Gasteiger partial charge in [-0.15, -0.1) is 0 Å². The molecule has 74 valence electrons. The Morgan fingerprint density at radius 1 is 1.50 bits per heavy atom. The van der Waals surface area contributed by atoms with Crippen LogP contribution in [-0.2, 0) is 4.74 Å². The molecule has 1 aromatic rings. The van der Waals surface area contributed by atoms with Gasteiger partial charge in [-0.05, 0) is 24.6 Å². The predicted octanol–water partition coefficient (Wildman–Crippen LogP) is 2.62. The Kier molecular flexibility index (Phi) is 2.46. The van der Waals surface area contributed by atoms with E-state index < -0.39 is 0 Å². The van der Waals surface area contributed by atoms with Crippen LogP contribution in [0.1, 0.15) is 18.6 Å². The van der Waals surface area contributed by atoms with Gasteiger partial charge in [0.1, 0.15) is 6.10 Å². The number of hydrogen-bond acceptors (Lipinski definition) is 2. The van der Waals surface area contributed by atoms with Crippen molar-refractivity contribution in [1.29, 1.82) is 0 Å². The minimum Gasteiger partial charge on any atom is -0.439 e. The van der Waals surface area contributed by atoms with Gasteiger partial charge in [0, 0.05) is 4.47 Å². The number of halogens is 1. The molecule has 0 unspecified atom stereocenters. The molecule has 1 aliphatic heterocycles. The number of ether oxygens (including phenoxy) is 1. The zero-order valence-corrected chi connectivity index (χ0v) is 9.24. The van der Waals surface area contributed by atoms with E-state index in [1.807, 2.05) is 31.2 Å². The highest BCUT2D eigenvalue weighted by atomic mass is 79.9. The fourth-order valence-electron chi connectivity index (χ4n) is 1.55. The minimum absolute atomic E-state index is 0.0248. The number of amides is 1. The molecule has 0 spiro atoms. The second-order valence-corrected chi connectivity index (χ2v) is 4.23. The maximum Gasteiger partial charge on any atom is 0.408 e. The van der Waals surface area contributed by atoms with Crippen molar-refractivity contribution < 1.29 is 9.53 Å². The highest BCUT2D eigenvalue weighted by molar-refractivity contribution is 9.10. The Morgan fingerprint density at radius 3 is 2.86 bits per heavy atom. The van der Waals surface area contributed by atoms with Gasteiger partial charge in [0.05, 0.1) is 6.04 Å². The second-order valence-electron chi connectivity index (χ2n) is 3.31. The van der Waals surface area contributed by atoms with Crippen LogP contribution in [0.3, 0.4) is 0 Å². The first-order chi connectivity index (χ1) is 6.66. The summed E-state index contributed by atoms with van der Waals surface area (Å²) in [6.07, 6.45) is -0.525. The highest BCUT2D eigenvalue weighted by Gasteiger charge is 2.31. The van der Waals surface area contributed by atoms with Crippen LogP contribution in [0.4, 0.5) is 4.79 Å². The number of rotatable bonds is 1. The van der Waals surface area contributed by atoms with E-state index in [4.69, 9.17) is 4.74 Å². The van der Waals surface area contributed by atoms with Crippen molar-refractivity contribution in [3.63, 3.8) is 0 Å². The summed E-state index contributed by atoms with van der Waals surface area (Å²) in [5.74, 6) is 0. The number of hydrogen-bond donors (Lipinski definition) is 1. The van der Waals surface area contributed by atoms with E-state index in [1.54, 1.807) is 0 Å². The summed E-state index contributed by atoms with van der Waals surface area (Å²) in [5.41, 5.74) is 1.00. The number of alkyl carbamates (subject to hydrolysis) is 1. The number of carbonyl (C=O) groups is 1. The molecular formula is C10H10BrNO2. The van der Waals surface area contributed by atoms with Gasteiger partial charge in [0.15, 0.2) is 0 Å². The molecule has 3 nitrogen and oxygen atoms in total. The van der Waals surface area contributed by atoms with Crippen molar-refractivity contribution in [1.82, 2.24) is 5.32 Å². The molecule has 1 saturated heterocycles. The maximum absolute atomic E-state index is 11.0. The summed E-state index contributed by atoms with van der Waals surface area (Å²) in [5, 5.41) is 2.71. The van der Waals surface area contributed by atoms with Gasteiger partial charge in [0.25, 0.3) is 0 Å². The molecule has 0 aromatic heterocycles. The molecule has 1 amide bonds. The third-order valence-corrected chi connectivity index (χ3v) is 2.70. The van der Waals surface area contributed by atoms with Gasteiger partial charge < -0.3 is 10.1 Å². The average molecular weight is 256 g/mol. The van der Waals surface area contributed by atoms with Gasteiger partial charge in [-0.3, -0.25) is 0 Å². The fraction of sp³-hybridized carbons (Fsp3) is 0.300. The van der Waals surface area contributed by atoms with Crippen molar-refractivity contribution in [3.8, 4) is 0 Å². The van der Waals surface area contributed by atoms with Crippen molar-refractivity contribution in [2.75, 3.05) is 0 Å². The molecular weight excluding hydrogens is 246 g/mol. The topological polar surface area (TPSA) is 38.3 Å². The van der Waals surface area contributed by atoms with Gasteiger partial charge in [-0.1, -0.05) is 28.1 Å². The molecule has 1 heterocycles. The molecule has 4 heteroatoms. The maximum atomic E-state index is 11.0. The molecule has 1 aliphatic rings. The SMILES string of the molecule is C[C@@H]1NC(=O)O[C@H]1c1cccc(Br)c1. The zero-order chi connectivity index (χ0) is 10.1. The third-order valence-electron chi connectivity index (χ3n) is 2.21. The lowest BCUT2D eigenvalue weighted by molar-refractivity contribution is 0.134. The summed E-state index contributed by atoms with van der Waals surface area (Å²) in [7, 11) is 0. The van der Waals surface area contributed by atoms with E-state index in [0.717, 1.165) is 10.0 Å². The number of cyclic esters (lactones) is 1. The number of carbonyl (C=O) groups excluding carboxylic acids is 1. The summed E-state index contributed by atoms with van der Waals surface area (Å²) < 4.78 is 6.13. The van der Waals surface area contributed by atoms with Crippen molar-refractivity contribution in [3.05, 3.63) is 34.3 Å². The van der Waals surface area contributed by atoms with Gasteiger partial charge in [0.2, 0.25) is 0 Å². The van der Waals surface area contributed by atoms with E-state index >= 15 is 0 Å². The van der Waals surface area contributed by atoms with Crippen LogP contribution in [0.2, 0.25) is 0 Å². The fourth-order valence-corrected chi connectivity index (χ4v) is 1.97. The standard InChI is InChI=1S/C10H10BrNO2/c1-6-9(14-10(13)12-6)7-3-2-4-8(11)5-7/h2-6,9H,1H3,(H,12,13)/t6-,9+/m0/s1. The molecule has 0 bridgehead atoms. The Bertz CT molecular complexity index is 367. The van der Waals surface area contributed by atoms with Crippen molar-refractivity contribution in [2.45, 2.75) is 19.1 Å². The normalized spacial score (nSPS) is 25.7. The first-order valence-corrected chi connectivity index (χ1v) is 5.19. The second kappa shape index (κ2) is 3.61. The molecule has 1 aromatic carbocycles. The van der Waals surface area contributed by atoms with E-state index in [2.05, 4.69) is 21.2 Å². The lowest BCUT2D eigenvalue weighted by Crippen LogP contribution is -2.23. The number of benzene rings is 1. The molecule has 0 aliphatic carbocycles. The highest BCUT2D eigenvalue weighted by Crippen LogP contribution is 2.27. The largest absolute Gasteiger partial charge is 0.439 e. The molecule has 2 rings (SSSR count). The predicted molar refractivity (Wildman–Crippen MR) is 56.0 cm³/mol. The molecule has 1 fully saturated rings. The van der Waals surface area contributed by atoms with Crippen LogP contribution in [0.5, 0.6) is 0 Å². The van der Waals surface area contributed by atoms with E-state index in [9.17, 15) is 4.79 Å². The molecule has 0 radical (unpaired) electrons. The van der Waals surface area contributed by atoms with Gasteiger partial charge in [-0.25, -0.2) is 4.79 Å². The van der Waals surface area contributed by atoms with Crippen LogP contribution in [-0.4, -0.2) is 12.1 Å². The molecule has 14 heavy (non-hydrogen) atoms. The van der Waals surface area contributed by atoms with Crippen LogP contribution < -0.4 is 5.32 Å². The molecule has 2 atom stereocenters. The third kappa shape index (κ3) is 1.75. The van der Waals surface area contributed by atoms with E-state index in [0.29, 0.717) is 0 Å². The average Bonchev–Trinajstić information content (AvgIpc) is 2.45. The van der Waals surface area contributed by atoms with Gasteiger partial charge >= 0.3 is 6.09 Å². The lowest BCUT2D eigenvalue weighted by atomic mass is 10.0. The smallest absolute Gasteiger partial charge is 0.408 e. The van der Waals surface area contributed by atoms with Gasteiger partial charge in [-0.2, -0.15) is 0 Å². The Balaban J connectivity index is 2.27. The Hall–Kier alpha value is -1.03. The monoisotopic (exact) mass is 255 g/mol. The molecule has 0 saturated carbocycles. The Morgan fingerprint density at radius 2 is 2.29 bits per heavy atom. The van der Waals surface area contributed by atoms with Crippen LogP contribution in [0, 0.1) is 0 Å². The van der Waals surface area contributed by atoms with E-state index in [1.165, 1.54) is 0 Å². The summed E-state index contributed by atoms with van der Waals surface area (Å²) in [4.78, 5) is 11.0.